The van der Waals surface area contributed by atoms with Crippen LogP contribution in [0.5, 0.6) is 5.75 Å². The molecule has 2 aromatic heterocycles. The van der Waals surface area contributed by atoms with E-state index in [9.17, 15) is 5.11 Å². The Balaban J connectivity index is 1.97. The van der Waals surface area contributed by atoms with Crippen LogP contribution in [0.1, 0.15) is 19.4 Å². The summed E-state index contributed by atoms with van der Waals surface area (Å²) in [6.07, 6.45) is 3.61. The van der Waals surface area contributed by atoms with Gasteiger partial charge in [-0.15, -0.1) is 0 Å². The molecule has 1 unspecified atom stereocenters. The zero-order valence-electron chi connectivity index (χ0n) is 17.3. The summed E-state index contributed by atoms with van der Waals surface area (Å²) in [5.74, 6) is 1.70. The lowest BCUT2D eigenvalue weighted by atomic mass is 10.00. The minimum absolute atomic E-state index is 0.512. The maximum Gasteiger partial charge on any atom is 0.163 e. The summed E-state index contributed by atoms with van der Waals surface area (Å²) in [6, 6.07) is 16.2. The molecule has 0 fully saturated rings. The van der Waals surface area contributed by atoms with Crippen LogP contribution in [0.3, 0.4) is 0 Å². The maximum absolute atomic E-state index is 9.99. The summed E-state index contributed by atoms with van der Waals surface area (Å²) in [6.45, 7) is 3.79. The molecule has 30 heavy (non-hydrogen) atoms. The summed E-state index contributed by atoms with van der Waals surface area (Å²) in [7, 11) is 1.63. The van der Waals surface area contributed by atoms with Crippen molar-refractivity contribution >= 4 is 16.7 Å². The highest BCUT2D eigenvalue weighted by Crippen LogP contribution is 2.36. The molecule has 4 aromatic rings. The van der Waals surface area contributed by atoms with E-state index in [4.69, 9.17) is 9.72 Å². The highest BCUT2D eigenvalue weighted by atomic mass is 16.5. The van der Waals surface area contributed by atoms with Gasteiger partial charge in [-0.2, -0.15) is 0 Å². The lowest BCUT2D eigenvalue weighted by Gasteiger charge is -2.16. The van der Waals surface area contributed by atoms with E-state index >= 15 is 0 Å². The highest BCUT2D eigenvalue weighted by molar-refractivity contribution is 5.98. The first kappa shape index (κ1) is 19.8. The number of methoxy groups -OCH3 is 1. The molecule has 0 aliphatic heterocycles. The van der Waals surface area contributed by atoms with Crippen LogP contribution in [-0.2, 0) is 6.42 Å². The van der Waals surface area contributed by atoms with Gasteiger partial charge in [-0.3, -0.25) is 4.98 Å². The molecule has 0 aliphatic carbocycles. The number of nitrogens with zero attached hydrogens (tertiary/aromatic N) is 3. The van der Waals surface area contributed by atoms with Crippen LogP contribution >= 0.6 is 0 Å². The molecule has 0 spiro atoms. The van der Waals surface area contributed by atoms with Gasteiger partial charge in [0.2, 0.25) is 0 Å². The first-order valence-electron chi connectivity index (χ1n) is 9.93. The third kappa shape index (κ3) is 3.95. The van der Waals surface area contributed by atoms with Crippen LogP contribution in [0.15, 0.2) is 60.9 Å². The first-order valence-corrected chi connectivity index (χ1v) is 9.93. The molecule has 0 saturated heterocycles. The average Bonchev–Trinajstić information content (AvgIpc) is 2.78. The molecule has 0 aliphatic rings. The average molecular weight is 400 g/mol. The number of benzene rings is 2. The zero-order valence-corrected chi connectivity index (χ0v) is 17.3. The van der Waals surface area contributed by atoms with Crippen molar-refractivity contribution in [3.05, 3.63) is 66.5 Å². The van der Waals surface area contributed by atoms with Gasteiger partial charge in [0.05, 0.1) is 7.11 Å². The van der Waals surface area contributed by atoms with Gasteiger partial charge in [-0.25, -0.2) is 9.97 Å². The molecular formula is C24H24N4O2. The number of anilines is 1. The number of nitrogens with one attached hydrogen (secondary N) is 1. The smallest absolute Gasteiger partial charge is 0.163 e. The number of aliphatic hydroxyl groups is 1. The minimum Gasteiger partial charge on any atom is -0.494 e. The van der Waals surface area contributed by atoms with Crippen molar-refractivity contribution in [2.45, 2.75) is 26.5 Å². The molecule has 0 bridgehead atoms. The number of aryl methyl sites for hydroxylation is 1. The summed E-state index contributed by atoms with van der Waals surface area (Å²) < 4.78 is 5.70. The fourth-order valence-electron chi connectivity index (χ4n) is 3.43. The largest absolute Gasteiger partial charge is 0.494 e. The van der Waals surface area contributed by atoms with Crippen molar-refractivity contribution in [3.63, 3.8) is 0 Å². The normalized spacial score (nSPS) is 12.0. The van der Waals surface area contributed by atoms with E-state index in [0.29, 0.717) is 22.9 Å². The number of hydrogen-bond donors (Lipinski definition) is 2. The fourth-order valence-corrected chi connectivity index (χ4v) is 3.43. The molecule has 4 rings (SSSR count). The highest BCUT2D eigenvalue weighted by Gasteiger charge is 2.16. The molecule has 0 amide bonds. The Morgan fingerprint density at radius 2 is 1.87 bits per heavy atom. The van der Waals surface area contributed by atoms with E-state index in [0.717, 1.165) is 28.5 Å². The van der Waals surface area contributed by atoms with Crippen LogP contribution in [0.25, 0.3) is 33.4 Å². The Bertz CT molecular complexity index is 1180. The van der Waals surface area contributed by atoms with E-state index in [1.165, 1.54) is 5.56 Å². The Kier molecular flexibility index (Phi) is 5.59. The van der Waals surface area contributed by atoms with E-state index in [1.807, 2.05) is 24.3 Å². The van der Waals surface area contributed by atoms with Crippen molar-refractivity contribution in [2.75, 3.05) is 12.4 Å². The molecule has 1 atom stereocenters. The van der Waals surface area contributed by atoms with Crippen molar-refractivity contribution in [3.8, 4) is 28.3 Å². The predicted octanol–water partition coefficient (Wildman–Crippen LogP) is 4.68. The SMILES string of the molecule is CCc1cccc(-c2cc(OC)c3nc(-c4cccnc4)nc(NC(C)O)c3c2)c1. The Morgan fingerprint density at radius 3 is 2.57 bits per heavy atom. The van der Waals surface area contributed by atoms with Gasteiger partial charge in [-0.05, 0) is 54.3 Å². The van der Waals surface area contributed by atoms with Crippen molar-refractivity contribution < 1.29 is 9.84 Å². The second-order valence-corrected chi connectivity index (χ2v) is 7.09. The summed E-state index contributed by atoms with van der Waals surface area (Å²) in [5, 5.41) is 13.8. The maximum atomic E-state index is 9.99. The number of fused-ring (bicyclic) bond motifs is 1. The van der Waals surface area contributed by atoms with Gasteiger partial charge in [0, 0.05) is 23.3 Å². The van der Waals surface area contributed by atoms with Gasteiger partial charge in [0.15, 0.2) is 5.82 Å². The topological polar surface area (TPSA) is 80.2 Å². The molecule has 6 heteroatoms. The molecule has 2 aromatic carbocycles. The van der Waals surface area contributed by atoms with E-state index in [-0.39, 0.29) is 0 Å². The molecule has 6 nitrogen and oxygen atoms in total. The second-order valence-electron chi connectivity index (χ2n) is 7.09. The Hall–Kier alpha value is -3.51. The quantitative estimate of drug-likeness (QED) is 0.458. The molecule has 152 valence electrons. The van der Waals surface area contributed by atoms with Gasteiger partial charge in [-0.1, -0.05) is 31.2 Å². The number of rotatable bonds is 6. The Morgan fingerprint density at radius 1 is 1.03 bits per heavy atom. The minimum atomic E-state index is -0.775. The standard InChI is InChI=1S/C24H24N4O2/c1-4-16-7-5-8-17(11-16)19-12-20-22(21(13-19)30-3)27-23(18-9-6-10-25-14-18)28-24(20)26-15(2)29/h5-15,29H,4H2,1-3H3,(H,26,27,28). The van der Waals surface area contributed by atoms with Gasteiger partial charge >= 0.3 is 0 Å². The van der Waals surface area contributed by atoms with Crippen molar-refractivity contribution in [1.82, 2.24) is 15.0 Å². The molecule has 2 heterocycles. The van der Waals surface area contributed by atoms with Crippen LogP contribution in [-0.4, -0.2) is 33.4 Å². The third-order valence-corrected chi connectivity index (χ3v) is 4.92. The molecule has 0 saturated carbocycles. The van der Waals surface area contributed by atoms with E-state index < -0.39 is 6.23 Å². The van der Waals surface area contributed by atoms with Crippen molar-refractivity contribution in [2.24, 2.45) is 0 Å². The molecule has 2 N–H and O–H groups in total. The van der Waals surface area contributed by atoms with Gasteiger partial charge in [0.25, 0.3) is 0 Å². The monoisotopic (exact) mass is 400 g/mol. The number of aromatic nitrogens is 3. The summed E-state index contributed by atoms with van der Waals surface area (Å²) >= 11 is 0. The van der Waals surface area contributed by atoms with Crippen LogP contribution < -0.4 is 10.1 Å². The number of hydrogen-bond acceptors (Lipinski definition) is 6. The number of pyridine rings is 1. The van der Waals surface area contributed by atoms with Crippen molar-refractivity contribution in [1.29, 1.82) is 0 Å². The summed E-state index contributed by atoms with van der Waals surface area (Å²) in [5.41, 5.74) is 4.81. The molecule has 0 radical (unpaired) electrons. The molecular weight excluding hydrogens is 376 g/mol. The van der Waals surface area contributed by atoms with Crippen LogP contribution in [0.4, 0.5) is 5.82 Å². The fraction of sp³-hybridized carbons (Fsp3) is 0.208. The number of aliphatic hydroxyl groups excluding tert-OH is 1. The third-order valence-electron chi connectivity index (χ3n) is 4.92. The van der Waals surface area contributed by atoms with Gasteiger partial charge in [0.1, 0.15) is 23.3 Å². The first-order chi connectivity index (χ1) is 14.6. The lowest BCUT2D eigenvalue weighted by Crippen LogP contribution is -2.15. The van der Waals surface area contributed by atoms with Crippen LogP contribution in [0.2, 0.25) is 0 Å². The van der Waals surface area contributed by atoms with E-state index in [2.05, 4.69) is 46.5 Å². The Labute approximate surface area is 175 Å². The second kappa shape index (κ2) is 8.47. The summed E-state index contributed by atoms with van der Waals surface area (Å²) in [4.78, 5) is 13.6. The van der Waals surface area contributed by atoms with Gasteiger partial charge < -0.3 is 15.2 Å². The zero-order chi connectivity index (χ0) is 21.1. The predicted molar refractivity (Wildman–Crippen MR) is 119 cm³/mol. The lowest BCUT2D eigenvalue weighted by molar-refractivity contribution is 0.224. The number of ether oxygens (including phenoxy) is 1. The van der Waals surface area contributed by atoms with E-state index in [1.54, 1.807) is 26.4 Å². The van der Waals surface area contributed by atoms with Crippen LogP contribution in [0, 0.1) is 0 Å².